The van der Waals surface area contributed by atoms with E-state index in [0.717, 1.165) is 19.7 Å². The van der Waals surface area contributed by atoms with Gasteiger partial charge in [-0.05, 0) is 48.2 Å². The molecule has 4 heteroatoms. The molecule has 0 bridgehead atoms. The van der Waals surface area contributed by atoms with Gasteiger partial charge in [0.1, 0.15) is 0 Å². The topological polar surface area (TPSA) is 0 Å². The van der Waals surface area contributed by atoms with Crippen LogP contribution in [-0.4, -0.2) is 0 Å². The number of rotatable bonds is 0. The fraction of sp³-hybridized carbons (Fsp3) is 0.111. The van der Waals surface area contributed by atoms with Crippen molar-refractivity contribution in [3.63, 3.8) is 0 Å². The lowest BCUT2D eigenvalue weighted by atomic mass is 9.95. The minimum atomic E-state index is 0.674. The first kappa shape index (κ1) is 15.0. The Morgan fingerprint density at radius 3 is 1.50 bits per heavy atom. The van der Waals surface area contributed by atoms with Crippen molar-refractivity contribution in [3.8, 4) is 22.3 Å². The second-order valence-corrected chi connectivity index (χ2v) is 8.15. The maximum Gasteiger partial charge on any atom is 0.0511 e. The van der Waals surface area contributed by atoms with Gasteiger partial charge in [0.25, 0.3) is 0 Å². The molecule has 0 spiro atoms. The molecule has 0 saturated carbocycles. The first-order chi connectivity index (χ1) is 10.4. The zero-order valence-corrected chi connectivity index (χ0v) is 16.5. The van der Waals surface area contributed by atoms with Crippen molar-refractivity contribution in [1.29, 1.82) is 0 Å². The van der Waals surface area contributed by atoms with Crippen molar-refractivity contribution in [2.24, 2.45) is 0 Å². The number of aryl methyl sites for hydroxylation is 2. The molecule has 1 aliphatic rings. The lowest BCUT2D eigenvalue weighted by molar-refractivity contribution is 1.41. The van der Waals surface area contributed by atoms with E-state index in [0.29, 0.717) is 10.0 Å². The molecule has 0 saturated heterocycles. The summed E-state index contributed by atoms with van der Waals surface area (Å²) in [5.41, 5.74) is 7.42. The summed E-state index contributed by atoms with van der Waals surface area (Å²) in [6.07, 6.45) is 0. The van der Waals surface area contributed by atoms with Gasteiger partial charge in [-0.1, -0.05) is 67.2 Å². The molecule has 0 nitrogen and oxygen atoms in total. The van der Waals surface area contributed by atoms with E-state index in [1.165, 1.54) is 33.4 Å². The molecule has 0 aromatic heterocycles. The number of fused-ring (bicyclic) bond motifs is 3. The van der Waals surface area contributed by atoms with Crippen LogP contribution in [0.3, 0.4) is 0 Å². The monoisotopic (exact) mass is 454 g/mol. The molecule has 0 amide bonds. The average molecular weight is 457 g/mol. The van der Waals surface area contributed by atoms with E-state index < -0.39 is 0 Å². The Bertz CT molecular complexity index is 915. The Labute approximate surface area is 155 Å². The molecule has 3 aromatic rings. The minimum Gasteiger partial charge on any atom is -0.0836 e. The second-order valence-electron chi connectivity index (χ2n) is 5.63. The van der Waals surface area contributed by atoms with Crippen LogP contribution < -0.4 is 0 Å². The van der Waals surface area contributed by atoms with Gasteiger partial charge < -0.3 is 0 Å². The van der Waals surface area contributed by atoms with Crippen molar-refractivity contribution < 1.29 is 0 Å². The summed E-state index contributed by atoms with van der Waals surface area (Å²) in [6.45, 7) is 4.29. The Morgan fingerprint density at radius 2 is 1.09 bits per heavy atom. The Balaban J connectivity index is 2.39. The van der Waals surface area contributed by atoms with Crippen LogP contribution in [0.1, 0.15) is 11.1 Å². The van der Waals surface area contributed by atoms with Crippen LogP contribution in [0, 0.1) is 13.8 Å². The molecule has 4 rings (SSSR count). The highest BCUT2D eigenvalue weighted by atomic mass is 79.9. The van der Waals surface area contributed by atoms with Crippen LogP contribution in [0.25, 0.3) is 33.0 Å². The van der Waals surface area contributed by atoms with Gasteiger partial charge in [-0.15, -0.1) is 0 Å². The van der Waals surface area contributed by atoms with E-state index in [4.69, 9.17) is 23.2 Å². The summed E-state index contributed by atoms with van der Waals surface area (Å²) >= 11 is 20.4. The van der Waals surface area contributed by atoms with E-state index >= 15 is 0 Å². The van der Waals surface area contributed by atoms with Crippen LogP contribution in [-0.2, 0) is 0 Å². The summed E-state index contributed by atoms with van der Waals surface area (Å²) in [6, 6.07) is 8.23. The molecule has 0 atom stereocenters. The highest BCUT2D eigenvalue weighted by molar-refractivity contribution is 9.11. The van der Waals surface area contributed by atoms with Gasteiger partial charge in [-0.2, -0.15) is 0 Å². The second kappa shape index (κ2) is 4.98. The number of hydrogen-bond acceptors (Lipinski definition) is 0. The summed E-state index contributed by atoms with van der Waals surface area (Å²) in [5, 5.41) is 3.40. The molecule has 0 heterocycles. The molecule has 0 N–H and O–H groups in total. The molecule has 0 radical (unpaired) electrons. The van der Waals surface area contributed by atoms with Gasteiger partial charge in [0.2, 0.25) is 0 Å². The highest BCUT2D eigenvalue weighted by Gasteiger charge is 2.30. The Hall–Kier alpha value is -0.540. The molecule has 3 aromatic carbocycles. The van der Waals surface area contributed by atoms with E-state index in [-0.39, 0.29) is 0 Å². The fourth-order valence-electron chi connectivity index (χ4n) is 3.42. The lowest BCUT2D eigenvalue weighted by Crippen LogP contribution is -1.87. The van der Waals surface area contributed by atoms with Crippen LogP contribution >= 0.6 is 55.1 Å². The fourth-order valence-corrected chi connectivity index (χ4v) is 5.60. The van der Waals surface area contributed by atoms with Crippen molar-refractivity contribution in [2.75, 3.05) is 0 Å². The van der Waals surface area contributed by atoms with Crippen molar-refractivity contribution >= 4 is 65.8 Å². The quantitative estimate of drug-likeness (QED) is 0.252. The zero-order valence-electron chi connectivity index (χ0n) is 11.8. The zero-order chi connectivity index (χ0) is 15.8. The molecular formula is C18H10Br2Cl2. The average Bonchev–Trinajstić information content (AvgIpc) is 2.80. The number of benzene rings is 3. The summed E-state index contributed by atoms with van der Waals surface area (Å²) < 4.78 is 2.01. The van der Waals surface area contributed by atoms with Crippen LogP contribution in [0.2, 0.25) is 10.0 Å². The van der Waals surface area contributed by atoms with Gasteiger partial charge in [-0.25, -0.2) is 0 Å². The standard InChI is InChI=1S/C18H10Br2Cl2/c1-7-3-4-8(2)14-13(7)15-9(19)5-11(21)17-12(22)6-10(20)16(14)18(15)17/h3-6H,1-2H3. The van der Waals surface area contributed by atoms with E-state index in [2.05, 4.69) is 57.8 Å². The molecule has 1 aliphatic carbocycles. The minimum absolute atomic E-state index is 0.674. The van der Waals surface area contributed by atoms with Crippen molar-refractivity contribution in [3.05, 3.63) is 54.4 Å². The normalized spacial score (nSPS) is 12.1. The van der Waals surface area contributed by atoms with Crippen molar-refractivity contribution in [2.45, 2.75) is 13.8 Å². The molecule has 0 aliphatic heterocycles. The largest absolute Gasteiger partial charge is 0.0836 e. The van der Waals surface area contributed by atoms with Gasteiger partial charge in [-0.3, -0.25) is 0 Å². The van der Waals surface area contributed by atoms with E-state index in [1.54, 1.807) is 0 Å². The first-order valence-corrected chi connectivity index (χ1v) is 9.16. The summed E-state index contributed by atoms with van der Waals surface area (Å²) in [5.74, 6) is 0. The summed E-state index contributed by atoms with van der Waals surface area (Å²) in [7, 11) is 0. The molecule has 110 valence electrons. The maximum atomic E-state index is 6.48. The third kappa shape index (κ3) is 1.81. The van der Waals surface area contributed by atoms with Gasteiger partial charge in [0.05, 0.1) is 10.0 Å². The molecular weight excluding hydrogens is 447 g/mol. The Kier molecular flexibility index (Phi) is 3.40. The van der Waals surface area contributed by atoms with E-state index in [1.807, 2.05) is 12.1 Å². The van der Waals surface area contributed by atoms with Crippen LogP contribution in [0.15, 0.2) is 33.2 Å². The van der Waals surface area contributed by atoms with E-state index in [9.17, 15) is 0 Å². The van der Waals surface area contributed by atoms with Gasteiger partial charge >= 0.3 is 0 Å². The smallest absolute Gasteiger partial charge is 0.0511 e. The third-order valence-corrected chi connectivity index (χ3v) is 6.18. The third-order valence-electron chi connectivity index (χ3n) is 4.33. The first-order valence-electron chi connectivity index (χ1n) is 6.82. The maximum absolute atomic E-state index is 6.48. The lowest BCUT2D eigenvalue weighted by Gasteiger charge is -2.10. The molecule has 0 unspecified atom stereocenters. The predicted molar refractivity (Wildman–Crippen MR) is 103 cm³/mol. The van der Waals surface area contributed by atoms with Crippen LogP contribution in [0.4, 0.5) is 0 Å². The van der Waals surface area contributed by atoms with Crippen molar-refractivity contribution in [1.82, 2.24) is 0 Å². The molecule has 0 fully saturated rings. The predicted octanol–water partition coefficient (Wildman–Crippen LogP) is 7.94. The summed E-state index contributed by atoms with van der Waals surface area (Å²) in [4.78, 5) is 0. The number of hydrogen-bond donors (Lipinski definition) is 0. The SMILES string of the molecule is Cc1ccc(C)c2c1-c1c(Br)cc(Cl)c3c(Cl)cc(Br)c-2c13. The van der Waals surface area contributed by atoms with Gasteiger partial charge in [0.15, 0.2) is 0 Å². The van der Waals surface area contributed by atoms with Gasteiger partial charge in [0, 0.05) is 30.8 Å². The van der Waals surface area contributed by atoms with Crippen LogP contribution in [0.5, 0.6) is 0 Å². The number of halogens is 4. The Morgan fingerprint density at radius 1 is 0.682 bits per heavy atom. The molecule has 22 heavy (non-hydrogen) atoms. The highest BCUT2D eigenvalue weighted by Crippen LogP contribution is 2.57.